The van der Waals surface area contributed by atoms with E-state index < -0.39 is 29.3 Å². The van der Waals surface area contributed by atoms with Crippen LogP contribution in [0.4, 0.5) is 4.39 Å². The van der Waals surface area contributed by atoms with E-state index in [-0.39, 0.29) is 11.1 Å². The number of ether oxygens (including phenoxy) is 1. The number of hydrogen-bond donors (Lipinski definition) is 1. The summed E-state index contributed by atoms with van der Waals surface area (Å²) in [6.07, 6.45) is 0. The fourth-order valence-corrected chi connectivity index (χ4v) is 4.16. The van der Waals surface area contributed by atoms with Crippen LogP contribution in [0.15, 0.2) is 54.1 Å². The highest BCUT2D eigenvalue weighted by atomic mass is 35.5. The molecule has 0 aromatic heterocycles. The van der Waals surface area contributed by atoms with Crippen LogP contribution in [0, 0.1) is 5.82 Å². The van der Waals surface area contributed by atoms with E-state index in [0.29, 0.717) is 36.9 Å². The second-order valence-electron chi connectivity index (χ2n) is 7.64. The van der Waals surface area contributed by atoms with Gasteiger partial charge < -0.3 is 19.6 Å². The standard InChI is InChI=1S/C23H22ClFN2O4/c24-17-5-1-15(2-6-17)20-19(21(28)16-3-7-18(25)8-4-16)22(29)23(30)27(20)10-9-26-11-13-31-14-12-26/h1-8,20,28H,9-14H2. The van der Waals surface area contributed by atoms with Crippen LogP contribution in [0.25, 0.3) is 5.76 Å². The number of nitrogens with one attached hydrogen (secondary N) is 1. The molecule has 1 N–H and O–H groups in total. The summed E-state index contributed by atoms with van der Waals surface area (Å²) in [5.74, 6) is -2.57. The van der Waals surface area contributed by atoms with Gasteiger partial charge in [-0.05, 0) is 35.4 Å². The summed E-state index contributed by atoms with van der Waals surface area (Å²) < 4.78 is 18.7. The number of rotatable bonds is 5. The Hall–Kier alpha value is -2.74. The van der Waals surface area contributed by atoms with Gasteiger partial charge in [0.1, 0.15) is 18.9 Å². The molecule has 2 saturated heterocycles. The van der Waals surface area contributed by atoms with Gasteiger partial charge in [0.15, 0.2) is 0 Å². The number of halogens is 2. The monoisotopic (exact) mass is 444 g/mol. The molecule has 0 spiro atoms. The molecule has 0 aliphatic carbocycles. The number of nitrogens with zero attached hydrogens (tertiary/aromatic N) is 1. The van der Waals surface area contributed by atoms with E-state index in [1.807, 2.05) is 0 Å². The van der Waals surface area contributed by atoms with E-state index in [2.05, 4.69) is 0 Å². The van der Waals surface area contributed by atoms with Gasteiger partial charge in [-0.3, -0.25) is 9.59 Å². The molecular formula is C23H22ClFN2O4. The Labute approximate surface area is 184 Å². The van der Waals surface area contributed by atoms with Crippen molar-refractivity contribution in [1.82, 2.24) is 4.90 Å². The number of amides is 1. The predicted molar refractivity (Wildman–Crippen MR) is 111 cm³/mol. The second-order valence-corrected chi connectivity index (χ2v) is 8.08. The molecule has 2 aromatic carbocycles. The van der Waals surface area contributed by atoms with Crippen LogP contribution in [0.5, 0.6) is 0 Å². The third-order valence-corrected chi connectivity index (χ3v) is 5.98. The first-order chi connectivity index (χ1) is 15.0. The molecule has 31 heavy (non-hydrogen) atoms. The van der Waals surface area contributed by atoms with Crippen molar-refractivity contribution in [3.05, 3.63) is 76.1 Å². The van der Waals surface area contributed by atoms with Crippen LogP contribution < -0.4 is 10.0 Å². The quantitative estimate of drug-likeness (QED) is 0.417. The van der Waals surface area contributed by atoms with E-state index >= 15 is 0 Å². The third kappa shape index (κ3) is 4.49. The summed E-state index contributed by atoms with van der Waals surface area (Å²) in [4.78, 5) is 28.6. The Bertz CT molecular complexity index is 1000. The van der Waals surface area contributed by atoms with Crippen LogP contribution in [-0.4, -0.2) is 56.0 Å². The maximum atomic E-state index is 13.3. The lowest BCUT2D eigenvalue weighted by atomic mass is 9.95. The maximum Gasteiger partial charge on any atom is 0.295 e. The largest absolute Gasteiger partial charge is 0.872 e. The molecule has 1 atom stereocenters. The lowest BCUT2D eigenvalue weighted by Gasteiger charge is -2.30. The van der Waals surface area contributed by atoms with Gasteiger partial charge in [0.25, 0.3) is 5.91 Å². The number of likely N-dealkylation sites (tertiary alicyclic amines) is 1. The Morgan fingerprint density at radius 2 is 1.74 bits per heavy atom. The molecule has 1 amide bonds. The number of benzene rings is 2. The van der Waals surface area contributed by atoms with Gasteiger partial charge in [-0.1, -0.05) is 41.6 Å². The first-order valence-corrected chi connectivity index (χ1v) is 10.5. The Kier molecular flexibility index (Phi) is 6.36. The summed E-state index contributed by atoms with van der Waals surface area (Å²) >= 11 is 6.01. The van der Waals surface area contributed by atoms with Crippen molar-refractivity contribution in [2.24, 2.45) is 0 Å². The number of ketones is 1. The molecule has 4 rings (SSSR count). The smallest absolute Gasteiger partial charge is 0.295 e. The van der Waals surface area contributed by atoms with Crippen molar-refractivity contribution in [3.8, 4) is 0 Å². The average Bonchev–Trinajstić information content (AvgIpc) is 3.04. The van der Waals surface area contributed by atoms with Gasteiger partial charge in [0.05, 0.1) is 32.3 Å². The molecule has 0 bridgehead atoms. The zero-order chi connectivity index (χ0) is 22.0. The molecule has 2 heterocycles. The number of carbonyl (C=O) groups is 2. The maximum absolute atomic E-state index is 13.3. The van der Waals surface area contributed by atoms with Crippen molar-refractivity contribution in [3.63, 3.8) is 0 Å². The minimum absolute atomic E-state index is 0.115. The molecule has 0 radical (unpaired) electrons. The lowest BCUT2D eigenvalue weighted by molar-refractivity contribution is -0.907. The fraction of sp³-hybridized carbons (Fsp3) is 0.304. The SMILES string of the molecule is O=C1C(=O)N(CC[NH+]2CCOCC2)C(c2ccc(Cl)cc2)C1=C([O-])c1ccc(F)cc1. The van der Waals surface area contributed by atoms with Crippen LogP contribution in [0.2, 0.25) is 5.02 Å². The van der Waals surface area contributed by atoms with Crippen molar-refractivity contribution >= 4 is 29.1 Å². The lowest BCUT2D eigenvalue weighted by Crippen LogP contribution is -3.14. The molecule has 0 saturated carbocycles. The molecule has 1 unspecified atom stereocenters. The van der Waals surface area contributed by atoms with E-state index in [1.165, 1.54) is 21.9 Å². The Morgan fingerprint density at radius 1 is 1.10 bits per heavy atom. The van der Waals surface area contributed by atoms with Gasteiger partial charge in [-0.15, -0.1) is 0 Å². The molecule has 162 valence electrons. The third-order valence-electron chi connectivity index (χ3n) is 5.73. The number of carbonyl (C=O) groups excluding carboxylic acids is 2. The first kappa shape index (κ1) is 21.5. The summed E-state index contributed by atoms with van der Waals surface area (Å²) in [6, 6.07) is 10.9. The highest BCUT2D eigenvalue weighted by molar-refractivity contribution is 6.46. The summed E-state index contributed by atoms with van der Waals surface area (Å²) in [5.41, 5.74) is 0.680. The summed E-state index contributed by atoms with van der Waals surface area (Å²) in [6.45, 7) is 3.93. The van der Waals surface area contributed by atoms with Gasteiger partial charge in [0.2, 0.25) is 5.78 Å². The van der Waals surface area contributed by atoms with Gasteiger partial charge in [-0.2, -0.15) is 0 Å². The molecule has 2 aliphatic heterocycles. The molecule has 8 heteroatoms. The highest BCUT2D eigenvalue weighted by Crippen LogP contribution is 2.38. The van der Waals surface area contributed by atoms with Crippen LogP contribution >= 0.6 is 11.6 Å². The zero-order valence-corrected chi connectivity index (χ0v) is 17.5. The van der Waals surface area contributed by atoms with Crippen molar-refractivity contribution in [1.29, 1.82) is 0 Å². The minimum atomic E-state index is -0.814. The van der Waals surface area contributed by atoms with Crippen LogP contribution in [0.1, 0.15) is 17.2 Å². The van der Waals surface area contributed by atoms with Gasteiger partial charge in [0, 0.05) is 10.6 Å². The second kappa shape index (κ2) is 9.18. The molecular weight excluding hydrogens is 423 g/mol. The highest BCUT2D eigenvalue weighted by Gasteiger charge is 2.44. The Balaban J connectivity index is 1.72. The topological polar surface area (TPSA) is 74.1 Å². The number of quaternary nitrogens is 1. The van der Waals surface area contributed by atoms with Crippen molar-refractivity contribution in [2.75, 3.05) is 39.4 Å². The number of Topliss-reactive ketones (excluding diaryl/α,β-unsaturated/α-hetero) is 1. The minimum Gasteiger partial charge on any atom is -0.872 e. The number of morpholine rings is 1. The summed E-state index contributed by atoms with van der Waals surface area (Å²) in [5, 5.41) is 13.7. The van der Waals surface area contributed by atoms with Crippen LogP contribution in [0.3, 0.4) is 0 Å². The molecule has 6 nitrogen and oxygen atoms in total. The van der Waals surface area contributed by atoms with Crippen molar-refractivity contribution in [2.45, 2.75) is 6.04 Å². The van der Waals surface area contributed by atoms with E-state index in [4.69, 9.17) is 16.3 Å². The van der Waals surface area contributed by atoms with Gasteiger partial charge >= 0.3 is 0 Å². The fourth-order valence-electron chi connectivity index (χ4n) is 4.04. The van der Waals surface area contributed by atoms with E-state index in [9.17, 15) is 19.1 Å². The van der Waals surface area contributed by atoms with Crippen LogP contribution in [-0.2, 0) is 14.3 Å². The first-order valence-electron chi connectivity index (χ1n) is 10.1. The predicted octanol–water partition coefficient (Wildman–Crippen LogP) is 0.618. The van der Waals surface area contributed by atoms with E-state index in [0.717, 1.165) is 25.2 Å². The van der Waals surface area contributed by atoms with E-state index in [1.54, 1.807) is 24.3 Å². The molecule has 2 fully saturated rings. The summed E-state index contributed by atoms with van der Waals surface area (Å²) in [7, 11) is 0. The number of hydrogen-bond acceptors (Lipinski definition) is 4. The average molecular weight is 445 g/mol. The molecule has 2 aromatic rings. The zero-order valence-electron chi connectivity index (χ0n) is 16.8. The molecule has 2 aliphatic rings. The van der Waals surface area contributed by atoms with Gasteiger partial charge in [-0.25, -0.2) is 4.39 Å². The normalized spacial score (nSPS) is 21.6. The Morgan fingerprint density at radius 3 is 2.39 bits per heavy atom. The van der Waals surface area contributed by atoms with Crippen molar-refractivity contribution < 1.29 is 28.7 Å².